The third kappa shape index (κ3) is 5.61. The molecule has 20 heavy (non-hydrogen) atoms. The summed E-state index contributed by atoms with van der Waals surface area (Å²) in [4.78, 5) is 2.21. The molecular formula is C17H29NO2. The van der Waals surface area contributed by atoms with E-state index >= 15 is 0 Å². The van der Waals surface area contributed by atoms with E-state index in [1.807, 2.05) is 24.3 Å². The molecule has 0 radical (unpaired) electrons. The number of likely N-dealkylation sites (N-methyl/N-ethyl adjacent to an activating group) is 1. The fourth-order valence-electron chi connectivity index (χ4n) is 2.46. The van der Waals surface area contributed by atoms with Gasteiger partial charge in [-0.25, -0.2) is 0 Å². The molecule has 0 aromatic heterocycles. The van der Waals surface area contributed by atoms with E-state index in [1.165, 1.54) is 0 Å². The van der Waals surface area contributed by atoms with Crippen molar-refractivity contribution in [2.24, 2.45) is 0 Å². The predicted octanol–water partition coefficient (Wildman–Crippen LogP) is 2.66. The molecule has 0 amide bonds. The van der Waals surface area contributed by atoms with Gasteiger partial charge in [-0.05, 0) is 39.7 Å². The lowest BCUT2D eigenvalue weighted by molar-refractivity contribution is 0.0153. The van der Waals surface area contributed by atoms with Crippen LogP contribution in [0.15, 0.2) is 36.5 Å². The topological polar surface area (TPSA) is 43.7 Å². The molecule has 1 heterocycles. The summed E-state index contributed by atoms with van der Waals surface area (Å²) >= 11 is 0. The molecule has 0 bridgehead atoms. The molecule has 0 spiro atoms. The summed E-state index contributed by atoms with van der Waals surface area (Å²) in [6.45, 7) is 4.14. The van der Waals surface area contributed by atoms with Crippen LogP contribution < -0.4 is 0 Å². The highest BCUT2D eigenvalue weighted by molar-refractivity contribution is 5.10. The molecule has 3 nitrogen and oxygen atoms in total. The van der Waals surface area contributed by atoms with Crippen LogP contribution in [0.5, 0.6) is 0 Å². The van der Waals surface area contributed by atoms with E-state index in [4.69, 9.17) is 0 Å². The van der Waals surface area contributed by atoms with Gasteiger partial charge in [-0.1, -0.05) is 43.4 Å². The summed E-state index contributed by atoms with van der Waals surface area (Å²) in [5.41, 5.74) is 0. The van der Waals surface area contributed by atoms with E-state index in [0.29, 0.717) is 12.5 Å². The largest absolute Gasteiger partial charge is 0.392 e. The van der Waals surface area contributed by atoms with E-state index in [2.05, 4.69) is 37.9 Å². The highest BCUT2D eigenvalue weighted by atomic mass is 16.3. The smallest absolute Gasteiger partial charge is 0.0758 e. The van der Waals surface area contributed by atoms with Gasteiger partial charge in [0, 0.05) is 12.1 Å². The minimum absolute atomic E-state index is 0.201. The monoisotopic (exact) mass is 279 g/mol. The lowest BCUT2D eigenvalue weighted by Gasteiger charge is -2.39. The summed E-state index contributed by atoms with van der Waals surface area (Å²) in [5, 5.41) is 19.5. The number of aliphatic hydroxyl groups is 2. The summed E-state index contributed by atoms with van der Waals surface area (Å²) in [5.74, 6) is 0. The maximum atomic E-state index is 9.79. The highest BCUT2D eigenvalue weighted by Crippen LogP contribution is 2.22. The zero-order chi connectivity index (χ0) is 15.0. The summed E-state index contributed by atoms with van der Waals surface area (Å²) < 4.78 is 0. The van der Waals surface area contributed by atoms with Crippen LogP contribution in [0, 0.1) is 0 Å². The molecule has 3 heteroatoms. The van der Waals surface area contributed by atoms with Gasteiger partial charge in [-0.15, -0.1) is 0 Å². The third-order valence-corrected chi connectivity index (χ3v) is 4.04. The Labute approximate surface area is 123 Å². The van der Waals surface area contributed by atoms with E-state index < -0.39 is 6.10 Å². The molecule has 0 aromatic rings. The van der Waals surface area contributed by atoms with Gasteiger partial charge in [0.1, 0.15) is 0 Å². The Kier molecular flexibility index (Phi) is 7.82. The van der Waals surface area contributed by atoms with Crippen molar-refractivity contribution in [3.8, 4) is 0 Å². The molecule has 0 unspecified atom stereocenters. The highest BCUT2D eigenvalue weighted by Gasteiger charge is 2.28. The fourth-order valence-corrected chi connectivity index (χ4v) is 2.46. The Bertz CT molecular complexity index is 349. The molecule has 114 valence electrons. The molecule has 1 saturated heterocycles. The van der Waals surface area contributed by atoms with Crippen molar-refractivity contribution in [1.29, 1.82) is 0 Å². The Morgan fingerprint density at radius 3 is 2.70 bits per heavy atom. The second-order valence-electron chi connectivity index (χ2n) is 5.57. The number of likely N-dealkylation sites (tertiary alicyclic amines) is 1. The summed E-state index contributed by atoms with van der Waals surface area (Å²) in [7, 11) is 2.05. The number of rotatable bonds is 6. The third-order valence-electron chi connectivity index (χ3n) is 4.04. The van der Waals surface area contributed by atoms with Gasteiger partial charge in [0.25, 0.3) is 0 Å². The Hall–Kier alpha value is -0.900. The first-order valence-corrected chi connectivity index (χ1v) is 7.64. The zero-order valence-corrected chi connectivity index (χ0v) is 12.9. The van der Waals surface area contributed by atoms with E-state index in [9.17, 15) is 10.2 Å². The quantitative estimate of drug-likeness (QED) is 0.580. The van der Waals surface area contributed by atoms with Crippen LogP contribution in [0.1, 0.15) is 39.5 Å². The molecule has 1 rings (SSSR count). The van der Waals surface area contributed by atoms with E-state index in [-0.39, 0.29) is 12.1 Å². The first-order valence-electron chi connectivity index (χ1n) is 7.64. The van der Waals surface area contributed by atoms with Crippen molar-refractivity contribution in [3.05, 3.63) is 36.5 Å². The Balaban J connectivity index is 2.38. The maximum absolute atomic E-state index is 9.79. The average Bonchev–Trinajstić information content (AvgIpc) is 2.43. The molecule has 0 aromatic carbocycles. The number of piperidine rings is 1. The van der Waals surface area contributed by atoms with Gasteiger partial charge in [-0.3, -0.25) is 4.90 Å². The van der Waals surface area contributed by atoms with Crippen LogP contribution in [0.4, 0.5) is 0 Å². The molecule has 0 aliphatic carbocycles. The number of allylic oxidation sites excluding steroid dienone is 3. The number of aliphatic hydroxyl groups excluding tert-OH is 2. The number of nitrogens with zero attached hydrogens (tertiary/aromatic N) is 1. The van der Waals surface area contributed by atoms with Gasteiger partial charge in [0.2, 0.25) is 0 Å². The molecule has 1 aliphatic heterocycles. The normalized spacial score (nSPS) is 30.8. The van der Waals surface area contributed by atoms with Gasteiger partial charge >= 0.3 is 0 Å². The van der Waals surface area contributed by atoms with Crippen LogP contribution in [-0.4, -0.2) is 46.5 Å². The fraction of sp³-hybridized carbons (Fsp3) is 0.647. The maximum Gasteiger partial charge on any atom is 0.0758 e. The van der Waals surface area contributed by atoms with Crippen LogP contribution in [0.2, 0.25) is 0 Å². The van der Waals surface area contributed by atoms with Gasteiger partial charge in [0.05, 0.1) is 12.2 Å². The SMILES string of the molecule is CC/C=C/C[C@@H](O)/C=C/C=C/[C@H]1CC[C@@H](O)[C@@H](C)N1C. The van der Waals surface area contributed by atoms with Crippen LogP contribution >= 0.6 is 0 Å². The van der Waals surface area contributed by atoms with Gasteiger partial charge < -0.3 is 10.2 Å². The van der Waals surface area contributed by atoms with Crippen molar-refractivity contribution < 1.29 is 10.2 Å². The minimum Gasteiger partial charge on any atom is -0.392 e. The molecular weight excluding hydrogens is 250 g/mol. The van der Waals surface area contributed by atoms with Gasteiger partial charge in [-0.2, -0.15) is 0 Å². The van der Waals surface area contributed by atoms with Crippen molar-refractivity contribution in [1.82, 2.24) is 4.90 Å². The first kappa shape index (κ1) is 17.2. The standard InChI is InChI=1S/C17H29NO2/c1-4-5-6-10-16(19)11-8-7-9-15-12-13-17(20)14(2)18(15)3/h5-9,11,14-17,19-20H,4,10,12-13H2,1-3H3/b6-5+,9-7+,11-8+/t14-,15+,16-,17-/m1/s1. The van der Waals surface area contributed by atoms with Crippen molar-refractivity contribution in [2.75, 3.05) is 7.05 Å². The summed E-state index contributed by atoms with van der Waals surface area (Å²) in [6.07, 6.45) is 14.8. The van der Waals surface area contributed by atoms with Crippen LogP contribution in [0.25, 0.3) is 0 Å². The second-order valence-corrected chi connectivity index (χ2v) is 5.57. The molecule has 0 saturated carbocycles. The predicted molar refractivity (Wildman–Crippen MR) is 84.6 cm³/mol. The van der Waals surface area contributed by atoms with Crippen LogP contribution in [-0.2, 0) is 0 Å². The molecule has 4 atom stereocenters. The zero-order valence-electron chi connectivity index (χ0n) is 12.9. The second kappa shape index (κ2) is 9.11. The van der Waals surface area contributed by atoms with Crippen molar-refractivity contribution in [3.63, 3.8) is 0 Å². The summed E-state index contributed by atoms with van der Waals surface area (Å²) in [6, 6.07) is 0.572. The lowest BCUT2D eigenvalue weighted by Crippen LogP contribution is -2.48. The molecule has 1 aliphatic rings. The van der Waals surface area contributed by atoms with E-state index in [1.54, 1.807) is 0 Å². The lowest BCUT2D eigenvalue weighted by atomic mass is 9.94. The van der Waals surface area contributed by atoms with Crippen LogP contribution in [0.3, 0.4) is 0 Å². The average molecular weight is 279 g/mol. The van der Waals surface area contributed by atoms with E-state index in [0.717, 1.165) is 19.3 Å². The molecule has 1 fully saturated rings. The first-order chi connectivity index (χ1) is 9.56. The molecule has 2 N–H and O–H groups in total. The van der Waals surface area contributed by atoms with Crippen molar-refractivity contribution >= 4 is 0 Å². The Morgan fingerprint density at radius 1 is 1.25 bits per heavy atom. The van der Waals surface area contributed by atoms with Gasteiger partial charge in [0.15, 0.2) is 0 Å². The van der Waals surface area contributed by atoms with Crippen molar-refractivity contribution in [2.45, 2.75) is 63.8 Å². The Morgan fingerprint density at radius 2 is 2.00 bits per heavy atom. The number of hydrogen-bond donors (Lipinski definition) is 2. The minimum atomic E-state index is -0.410. The number of hydrogen-bond acceptors (Lipinski definition) is 3.